The van der Waals surface area contributed by atoms with Crippen molar-refractivity contribution in [3.05, 3.63) is 23.0 Å². The molecule has 21 heavy (non-hydrogen) atoms. The molecule has 0 aliphatic heterocycles. The minimum Gasteiger partial charge on any atom is -0.481 e. The number of alkyl halides is 6. The second kappa shape index (κ2) is 5.76. The first-order chi connectivity index (χ1) is 9.44. The molecule has 0 saturated heterocycles. The number of halogens is 6. The summed E-state index contributed by atoms with van der Waals surface area (Å²) in [6.07, 6.45) is -11.8. The number of carboxylic acid groups (broad SMARTS) is 1. The Balaban J connectivity index is 3.54. The van der Waals surface area contributed by atoms with E-state index in [0.29, 0.717) is 0 Å². The van der Waals surface area contributed by atoms with E-state index in [4.69, 9.17) is 10.8 Å². The lowest BCUT2D eigenvalue weighted by molar-refractivity contribution is -0.276. The first-order valence-electron chi connectivity index (χ1n) is 5.21. The van der Waals surface area contributed by atoms with Crippen molar-refractivity contribution in [2.24, 2.45) is 5.73 Å². The highest BCUT2D eigenvalue weighted by atomic mass is 19.4. The smallest absolute Gasteiger partial charge is 0.481 e. The lowest BCUT2D eigenvalue weighted by Gasteiger charge is -2.18. The summed E-state index contributed by atoms with van der Waals surface area (Å²) in [6, 6.07) is 0.284. The van der Waals surface area contributed by atoms with Gasteiger partial charge in [0.2, 0.25) is 0 Å². The summed E-state index contributed by atoms with van der Waals surface area (Å²) in [5.41, 5.74) is 1.90. The van der Waals surface area contributed by atoms with Crippen LogP contribution in [0.5, 0.6) is 5.75 Å². The molecule has 11 heteroatoms. The Labute approximate surface area is 113 Å². The van der Waals surface area contributed by atoms with Crippen molar-refractivity contribution in [2.45, 2.75) is 25.5 Å². The topological polar surface area (TPSA) is 85.4 Å². The van der Waals surface area contributed by atoms with Gasteiger partial charge in [-0.05, 0) is 6.07 Å². The van der Waals surface area contributed by atoms with Crippen LogP contribution in [0.1, 0.15) is 17.0 Å². The normalized spacial score (nSPS) is 12.3. The quantitative estimate of drug-likeness (QED) is 0.830. The number of nitrogens with two attached hydrogens (primary N) is 1. The Bertz CT molecular complexity index is 541. The Kier molecular flexibility index (Phi) is 4.66. The fourth-order valence-corrected chi connectivity index (χ4v) is 1.45. The first kappa shape index (κ1) is 17.0. The van der Waals surface area contributed by atoms with Crippen LogP contribution < -0.4 is 10.5 Å². The Morgan fingerprint density at radius 3 is 2.24 bits per heavy atom. The van der Waals surface area contributed by atoms with Crippen molar-refractivity contribution in [2.75, 3.05) is 0 Å². The SMILES string of the molecule is NCc1cc(C(F)(F)F)c(OC(F)(F)F)c(CC(=O)O)n1. The van der Waals surface area contributed by atoms with E-state index in [2.05, 4.69) is 9.72 Å². The number of aromatic nitrogens is 1. The van der Waals surface area contributed by atoms with Gasteiger partial charge in [-0.3, -0.25) is 9.78 Å². The van der Waals surface area contributed by atoms with E-state index in [1.54, 1.807) is 0 Å². The molecule has 0 unspecified atom stereocenters. The molecule has 3 N–H and O–H groups in total. The summed E-state index contributed by atoms with van der Waals surface area (Å²) >= 11 is 0. The summed E-state index contributed by atoms with van der Waals surface area (Å²) in [7, 11) is 0. The maximum atomic E-state index is 12.8. The van der Waals surface area contributed by atoms with Crippen molar-refractivity contribution >= 4 is 5.97 Å². The zero-order valence-corrected chi connectivity index (χ0v) is 10.0. The van der Waals surface area contributed by atoms with E-state index in [-0.39, 0.29) is 6.07 Å². The second-order valence-electron chi connectivity index (χ2n) is 3.76. The summed E-state index contributed by atoms with van der Waals surface area (Å²) in [5.74, 6) is -3.36. The molecule has 1 aromatic rings. The average Bonchev–Trinajstić information content (AvgIpc) is 2.27. The molecule has 0 spiro atoms. The number of pyridine rings is 1. The maximum absolute atomic E-state index is 12.8. The Morgan fingerprint density at radius 1 is 1.29 bits per heavy atom. The lowest BCUT2D eigenvalue weighted by atomic mass is 10.1. The van der Waals surface area contributed by atoms with E-state index in [0.717, 1.165) is 0 Å². The predicted molar refractivity (Wildman–Crippen MR) is 55.2 cm³/mol. The van der Waals surface area contributed by atoms with E-state index in [9.17, 15) is 31.1 Å². The predicted octanol–water partition coefficient (Wildman–Crippen LogP) is 2.08. The average molecular weight is 318 g/mol. The number of rotatable bonds is 4. The number of carboxylic acids is 1. The molecule has 118 valence electrons. The molecule has 0 amide bonds. The van der Waals surface area contributed by atoms with Crippen molar-refractivity contribution in [1.29, 1.82) is 0 Å². The van der Waals surface area contributed by atoms with Crippen LogP contribution in [0.25, 0.3) is 0 Å². The third-order valence-electron chi connectivity index (χ3n) is 2.15. The molecule has 5 nitrogen and oxygen atoms in total. The molecule has 1 aromatic heterocycles. The van der Waals surface area contributed by atoms with Crippen molar-refractivity contribution in [1.82, 2.24) is 4.98 Å². The molecule has 1 rings (SSSR count). The highest BCUT2D eigenvalue weighted by Crippen LogP contribution is 2.40. The van der Waals surface area contributed by atoms with Crippen LogP contribution in [-0.4, -0.2) is 22.4 Å². The van der Waals surface area contributed by atoms with E-state index < -0.39 is 54.2 Å². The van der Waals surface area contributed by atoms with Crippen LogP contribution in [0, 0.1) is 0 Å². The van der Waals surface area contributed by atoms with E-state index in [1.165, 1.54) is 0 Å². The van der Waals surface area contributed by atoms with Gasteiger partial charge in [0.05, 0.1) is 17.8 Å². The minimum atomic E-state index is -5.43. The third-order valence-corrected chi connectivity index (χ3v) is 2.15. The van der Waals surface area contributed by atoms with Crippen LogP contribution in [0.2, 0.25) is 0 Å². The third kappa shape index (κ3) is 4.77. The number of hydrogen-bond acceptors (Lipinski definition) is 4. The lowest BCUT2D eigenvalue weighted by Crippen LogP contribution is -2.23. The van der Waals surface area contributed by atoms with Crippen molar-refractivity contribution in [3.8, 4) is 5.75 Å². The zero-order valence-electron chi connectivity index (χ0n) is 10.0. The second-order valence-corrected chi connectivity index (χ2v) is 3.76. The largest absolute Gasteiger partial charge is 0.573 e. The van der Waals surface area contributed by atoms with Crippen molar-refractivity contribution < 1.29 is 41.0 Å². The molecule has 0 aliphatic rings. The van der Waals surface area contributed by atoms with E-state index >= 15 is 0 Å². The summed E-state index contributed by atoms with van der Waals surface area (Å²) in [4.78, 5) is 13.9. The molecule has 0 saturated carbocycles. The molecule has 0 fully saturated rings. The van der Waals surface area contributed by atoms with Crippen LogP contribution in [0.3, 0.4) is 0 Å². The fourth-order valence-electron chi connectivity index (χ4n) is 1.45. The van der Waals surface area contributed by atoms with Crippen molar-refractivity contribution in [3.63, 3.8) is 0 Å². The van der Waals surface area contributed by atoms with Gasteiger partial charge in [0.25, 0.3) is 0 Å². The summed E-state index contributed by atoms with van der Waals surface area (Å²) < 4.78 is 78.3. The summed E-state index contributed by atoms with van der Waals surface area (Å²) in [6.45, 7) is -0.512. The molecule has 0 atom stereocenters. The molecule has 1 heterocycles. The molecular formula is C10H8F6N2O3. The standard InChI is InChI=1S/C10H8F6N2O3/c11-9(12,13)5-1-4(3-17)18-6(2-7(19)20)8(5)21-10(14,15)16/h1H,2-3,17H2,(H,19,20). The van der Waals surface area contributed by atoms with E-state index in [1.807, 2.05) is 0 Å². The fraction of sp³-hybridized carbons (Fsp3) is 0.400. The highest BCUT2D eigenvalue weighted by molar-refractivity contribution is 5.71. The Hall–Kier alpha value is -2.04. The molecule has 0 aromatic carbocycles. The van der Waals surface area contributed by atoms with Gasteiger partial charge in [-0.15, -0.1) is 13.2 Å². The van der Waals surface area contributed by atoms with Crippen LogP contribution in [-0.2, 0) is 23.9 Å². The van der Waals surface area contributed by atoms with Crippen LogP contribution >= 0.6 is 0 Å². The number of carbonyl (C=O) groups is 1. The van der Waals surface area contributed by atoms with Gasteiger partial charge in [-0.2, -0.15) is 13.2 Å². The van der Waals surface area contributed by atoms with Crippen LogP contribution in [0.15, 0.2) is 6.07 Å². The number of hydrogen-bond donors (Lipinski definition) is 2. The van der Waals surface area contributed by atoms with Gasteiger partial charge in [0.1, 0.15) is 5.56 Å². The molecule has 0 radical (unpaired) electrons. The molecule has 0 aliphatic carbocycles. The van der Waals surface area contributed by atoms with Gasteiger partial charge in [0.15, 0.2) is 5.75 Å². The Morgan fingerprint density at radius 2 is 1.86 bits per heavy atom. The van der Waals surface area contributed by atoms with Gasteiger partial charge in [-0.1, -0.05) is 0 Å². The maximum Gasteiger partial charge on any atom is 0.573 e. The highest BCUT2D eigenvalue weighted by Gasteiger charge is 2.41. The van der Waals surface area contributed by atoms with Crippen LogP contribution in [0.4, 0.5) is 26.3 Å². The molecular weight excluding hydrogens is 310 g/mol. The number of nitrogens with zero attached hydrogens (tertiary/aromatic N) is 1. The van der Waals surface area contributed by atoms with Gasteiger partial charge >= 0.3 is 18.5 Å². The first-order valence-corrected chi connectivity index (χ1v) is 5.21. The van der Waals surface area contributed by atoms with Gasteiger partial charge < -0.3 is 15.6 Å². The number of aliphatic carboxylic acids is 1. The van der Waals surface area contributed by atoms with Gasteiger partial charge in [0, 0.05) is 6.54 Å². The molecule has 0 bridgehead atoms. The zero-order chi connectivity index (χ0) is 16.4. The number of ether oxygens (including phenoxy) is 1. The minimum absolute atomic E-state index is 0.284. The monoisotopic (exact) mass is 318 g/mol. The van der Waals surface area contributed by atoms with Gasteiger partial charge in [-0.25, -0.2) is 0 Å². The summed E-state index contributed by atoms with van der Waals surface area (Å²) in [5, 5.41) is 8.56.